The second kappa shape index (κ2) is 11.2. The summed E-state index contributed by atoms with van der Waals surface area (Å²) in [4.78, 5) is 13.1. The molecule has 0 aliphatic carbocycles. The molecule has 202 valence electrons. The number of alkyl halides is 6. The van der Waals surface area contributed by atoms with E-state index in [1.165, 1.54) is 12.1 Å². The Hall–Kier alpha value is -2.88. The second-order valence-electron chi connectivity index (χ2n) is 9.60. The Balaban J connectivity index is 2.10. The van der Waals surface area contributed by atoms with Crippen molar-refractivity contribution in [1.82, 2.24) is 4.90 Å². The highest BCUT2D eigenvalue weighted by molar-refractivity contribution is 5.67. The molecular weight excluding hydrogens is 503 g/mol. The first-order valence-electron chi connectivity index (χ1n) is 11.8. The third-order valence-corrected chi connectivity index (χ3v) is 6.76. The molecule has 1 saturated heterocycles. The molecule has 3 nitrogen and oxygen atoms in total. The molecule has 1 N–H and O–H groups in total. The monoisotopic (exact) mass is 531 g/mol. The van der Waals surface area contributed by atoms with Crippen LogP contribution in [0.2, 0.25) is 0 Å². The van der Waals surface area contributed by atoms with E-state index in [4.69, 9.17) is 0 Å². The Morgan fingerprint density at radius 1 is 1.08 bits per heavy atom. The summed E-state index contributed by atoms with van der Waals surface area (Å²) in [7, 11) is 0. The third kappa shape index (κ3) is 7.34. The number of hydrogen-bond acceptors (Lipinski definition) is 2. The SMILES string of the molecule is C=C(C)CCC(c1ccc(F)cc1C(F)(F)F)N1CCC(CC(=O)O)CC1c1ccc(C(F)(F)F)cc1. The van der Waals surface area contributed by atoms with Crippen molar-refractivity contribution in [2.24, 2.45) is 5.92 Å². The molecule has 37 heavy (non-hydrogen) atoms. The van der Waals surface area contributed by atoms with E-state index in [9.17, 15) is 40.6 Å². The van der Waals surface area contributed by atoms with Gasteiger partial charge in [-0.2, -0.15) is 26.3 Å². The smallest absolute Gasteiger partial charge is 0.416 e. The molecule has 2 aromatic carbocycles. The fourth-order valence-electron chi connectivity index (χ4n) is 5.03. The van der Waals surface area contributed by atoms with Gasteiger partial charge in [0.15, 0.2) is 0 Å². The van der Waals surface area contributed by atoms with Crippen LogP contribution in [0.1, 0.15) is 73.4 Å². The molecule has 1 heterocycles. The number of likely N-dealkylation sites (tertiary alicyclic amines) is 1. The maximum absolute atomic E-state index is 14.0. The van der Waals surface area contributed by atoms with Gasteiger partial charge in [0.05, 0.1) is 11.1 Å². The summed E-state index contributed by atoms with van der Waals surface area (Å²) in [6.45, 7) is 5.79. The van der Waals surface area contributed by atoms with Crippen molar-refractivity contribution in [2.75, 3.05) is 6.54 Å². The maximum Gasteiger partial charge on any atom is 0.416 e. The molecule has 0 saturated carbocycles. The largest absolute Gasteiger partial charge is 0.481 e. The standard InChI is InChI=1S/C27H28F7NO2/c1-16(2)3-10-23(21-9-8-20(28)15-22(21)27(32,33)34)35-12-11-17(14-25(36)37)13-24(35)18-4-6-19(7-5-18)26(29,30)31/h4-9,15,17,23-24H,1,3,10-14H2,2H3,(H,36,37). The number of carboxylic acid groups (broad SMARTS) is 1. The molecule has 0 bridgehead atoms. The number of carbonyl (C=O) groups is 1. The van der Waals surface area contributed by atoms with E-state index in [-0.39, 0.29) is 37.3 Å². The van der Waals surface area contributed by atoms with Gasteiger partial charge in [-0.15, -0.1) is 6.58 Å². The van der Waals surface area contributed by atoms with Gasteiger partial charge in [-0.1, -0.05) is 23.8 Å². The van der Waals surface area contributed by atoms with Crippen molar-refractivity contribution in [2.45, 2.75) is 63.5 Å². The molecule has 0 aromatic heterocycles. The number of halogens is 7. The minimum absolute atomic E-state index is 0.135. The van der Waals surface area contributed by atoms with E-state index in [2.05, 4.69) is 6.58 Å². The summed E-state index contributed by atoms with van der Waals surface area (Å²) in [5.74, 6) is -2.37. The molecule has 1 aliphatic rings. The Morgan fingerprint density at radius 3 is 2.27 bits per heavy atom. The van der Waals surface area contributed by atoms with E-state index < -0.39 is 47.3 Å². The average Bonchev–Trinajstić information content (AvgIpc) is 2.79. The quantitative estimate of drug-likeness (QED) is 0.276. The van der Waals surface area contributed by atoms with Crippen LogP contribution in [0.3, 0.4) is 0 Å². The summed E-state index contributed by atoms with van der Waals surface area (Å²) in [6.07, 6.45) is -8.34. The predicted molar refractivity (Wildman–Crippen MR) is 124 cm³/mol. The molecule has 3 rings (SSSR count). The number of rotatable bonds is 8. The first kappa shape index (κ1) is 28.7. The summed E-state index contributed by atoms with van der Waals surface area (Å²) < 4.78 is 95.2. The van der Waals surface area contributed by atoms with Gasteiger partial charge < -0.3 is 5.11 Å². The minimum Gasteiger partial charge on any atom is -0.481 e. The molecule has 0 amide bonds. The summed E-state index contributed by atoms with van der Waals surface area (Å²) in [6, 6.07) is 5.43. The van der Waals surface area contributed by atoms with Crippen molar-refractivity contribution < 1.29 is 40.6 Å². The predicted octanol–water partition coefficient (Wildman–Crippen LogP) is 8.19. The summed E-state index contributed by atoms with van der Waals surface area (Å²) >= 11 is 0. The van der Waals surface area contributed by atoms with Crippen molar-refractivity contribution in [3.05, 3.63) is 82.7 Å². The van der Waals surface area contributed by atoms with Crippen LogP contribution in [-0.4, -0.2) is 22.5 Å². The number of aliphatic carboxylic acids is 1. The van der Waals surface area contributed by atoms with Crippen LogP contribution in [0.15, 0.2) is 54.6 Å². The lowest BCUT2D eigenvalue weighted by Crippen LogP contribution is -2.40. The van der Waals surface area contributed by atoms with Crippen molar-refractivity contribution >= 4 is 5.97 Å². The van der Waals surface area contributed by atoms with Crippen LogP contribution >= 0.6 is 0 Å². The normalized spacial score (nSPS) is 20.0. The molecule has 0 radical (unpaired) electrons. The van der Waals surface area contributed by atoms with Gasteiger partial charge in [-0.25, -0.2) is 4.39 Å². The molecular formula is C27H28F7NO2. The highest BCUT2D eigenvalue weighted by Gasteiger charge is 2.41. The average molecular weight is 532 g/mol. The topological polar surface area (TPSA) is 40.5 Å². The number of nitrogens with zero attached hydrogens (tertiary/aromatic N) is 1. The van der Waals surface area contributed by atoms with E-state index >= 15 is 0 Å². The molecule has 3 unspecified atom stereocenters. The first-order chi connectivity index (χ1) is 17.2. The van der Waals surface area contributed by atoms with E-state index in [0.717, 1.165) is 29.8 Å². The van der Waals surface area contributed by atoms with E-state index in [1.54, 1.807) is 11.8 Å². The third-order valence-electron chi connectivity index (χ3n) is 6.76. The van der Waals surface area contributed by atoms with Gasteiger partial charge in [-0.3, -0.25) is 9.69 Å². The van der Waals surface area contributed by atoms with Gasteiger partial charge >= 0.3 is 18.3 Å². The zero-order valence-corrected chi connectivity index (χ0v) is 20.2. The number of carboxylic acids is 1. The zero-order valence-electron chi connectivity index (χ0n) is 20.2. The Bertz CT molecular complexity index is 1110. The van der Waals surface area contributed by atoms with Crippen LogP contribution in [0.4, 0.5) is 30.7 Å². The van der Waals surface area contributed by atoms with Crippen molar-refractivity contribution in [3.63, 3.8) is 0 Å². The highest BCUT2D eigenvalue weighted by Crippen LogP contribution is 2.46. The van der Waals surface area contributed by atoms with Gasteiger partial charge in [0.25, 0.3) is 0 Å². The lowest BCUT2D eigenvalue weighted by Gasteiger charge is -2.45. The first-order valence-corrected chi connectivity index (χ1v) is 11.8. The van der Waals surface area contributed by atoms with Crippen LogP contribution in [0.5, 0.6) is 0 Å². The maximum atomic E-state index is 14.0. The molecule has 0 spiro atoms. The highest BCUT2D eigenvalue weighted by atomic mass is 19.4. The Kier molecular flexibility index (Phi) is 8.72. The van der Waals surface area contributed by atoms with E-state index in [1.807, 2.05) is 0 Å². The van der Waals surface area contributed by atoms with Crippen LogP contribution in [0.25, 0.3) is 0 Å². The van der Waals surface area contributed by atoms with Crippen molar-refractivity contribution in [3.8, 4) is 0 Å². The van der Waals surface area contributed by atoms with E-state index in [0.29, 0.717) is 24.5 Å². The second-order valence-corrected chi connectivity index (χ2v) is 9.60. The number of benzene rings is 2. The lowest BCUT2D eigenvalue weighted by molar-refractivity contribution is -0.140. The van der Waals surface area contributed by atoms with Gasteiger partial charge in [0, 0.05) is 18.5 Å². The molecule has 2 aromatic rings. The zero-order chi connectivity index (χ0) is 27.5. The van der Waals surface area contributed by atoms with Gasteiger partial charge in [-0.05, 0) is 80.5 Å². The molecule has 3 atom stereocenters. The fourth-order valence-corrected chi connectivity index (χ4v) is 5.03. The minimum atomic E-state index is -4.83. The molecule has 10 heteroatoms. The van der Waals surface area contributed by atoms with Crippen LogP contribution in [-0.2, 0) is 17.1 Å². The Morgan fingerprint density at radius 2 is 1.73 bits per heavy atom. The van der Waals surface area contributed by atoms with Gasteiger partial charge in [0.1, 0.15) is 5.82 Å². The lowest BCUT2D eigenvalue weighted by atomic mass is 9.82. The number of allylic oxidation sites excluding steroid dienone is 1. The van der Waals surface area contributed by atoms with Crippen LogP contribution in [0, 0.1) is 11.7 Å². The number of hydrogen-bond donors (Lipinski definition) is 1. The molecule has 1 aliphatic heterocycles. The Labute approximate surface area is 210 Å². The fraction of sp³-hybridized carbons (Fsp3) is 0.444. The number of piperidine rings is 1. The van der Waals surface area contributed by atoms with Gasteiger partial charge in [0.2, 0.25) is 0 Å². The van der Waals surface area contributed by atoms with Crippen LogP contribution < -0.4 is 0 Å². The summed E-state index contributed by atoms with van der Waals surface area (Å²) in [5, 5.41) is 9.29. The summed E-state index contributed by atoms with van der Waals surface area (Å²) in [5.41, 5.74) is -0.939. The molecule has 1 fully saturated rings. The van der Waals surface area contributed by atoms with Crippen molar-refractivity contribution in [1.29, 1.82) is 0 Å².